The van der Waals surface area contributed by atoms with E-state index in [0.29, 0.717) is 6.04 Å². The van der Waals surface area contributed by atoms with E-state index in [1.807, 2.05) is 37.5 Å². The van der Waals surface area contributed by atoms with Gasteiger partial charge in [-0.3, -0.25) is 9.69 Å². The normalized spacial score (nSPS) is 21.5. The van der Waals surface area contributed by atoms with Crippen molar-refractivity contribution in [1.29, 1.82) is 0 Å². The summed E-state index contributed by atoms with van der Waals surface area (Å²) in [6, 6.07) is 8.82. The van der Waals surface area contributed by atoms with Gasteiger partial charge in [-0.15, -0.1) is 0 Å². The number of piperidine rings is 1. The van der Waals surface area contributed by atoms with E-state index in [9.17, 15) is 4.79 Å². The van der Waals surface area contributed by atoms with Gasteiger partial charge in [-0.25, -0.2) is 4.98 Å². The lowest BCUT2D eigenvalue weighted by Crippen LogP contribution is -2.46. The number of para-hydroxylation sites is 1. The third-order valence-electron chi connectivity index (χ3n) is 6.45. The number of carbonyl (C=O) groups excluding carboxylic acids is 1. The van der Waals surface area contributed by atoms with Crippen LogP contribution >= 0.6 is 0 Å². The number of aromatic nitrogens is 2. The van der Waals surface area contributed by atoms with Crippen LogP contribution in [-0.4, -0.2) is 39.5 Å². The summed E-state index contributed by atoms with van der Waals surface area (Å²) in [7, 11) is 0. The first-order valence-corrected chi connectivity index (χ1v) is 10.8. The standard InChI is InChI=1S/C23H32N4O/c1-18-24-13-15-26(18)16-19-8-5-6-12-22(19)25-23(28)20-9-7-14-27(17-20)21-10-3-2-4-11-21/h5-6,8,12-13,15,20-21H,2-4,7,9-11,14,16-17H2,1H3,(H,25,28). The van der Waals surface area contributed by atoms with Crippen LogP contribution in [0, 0.1) is 12.8 Å². The van der Waals surface area contributed by atoms with Gasteiger partial charge in [0.15, 0.2) is 0 Å². The number of hydrogen-bond acceptors (Lipinski definition) is 3. The molecule has 150 valence electrons. The van der Waals surface area contributed by atoms with Crippen LogP contribution in [0.25, 0.3) is 0 Å². The molecule has 4 rings (SSSR count). The second-order valence-electron chi connectivity index (χ2n) is 8.37. The molecule has 1 aliphatic heterocycles. The molecule has 5 heteroatoms. The summed E-state index contributed by atoms with van der Waals surface area (Å²) in [6.07, 6.45) is 12.6. The molecule has 2 heterocycles. The number of nitrogens with zero attached hydrogens (tertiary/aromatic N) is 3. The smallest absolute Gasteiger partial charge is 0.228 e. The number of amides is 1. The van der Waals surface area contributed by atoms with Gasteiger partial charge in [0.1, 0.15) is 5.82 Å². The van der Waals surface area contributed by atoms with Crippen molar-refractivity contribution in [2.24, 2.45) is 5.92 Å². The Bertz CT molecular complexity index is 793. The van der Waals surface area contributed by atoms with Crippen molar-refractivity contribution in [1.82, 2.24) is 14.5 Å². The molecule has 1 atom stereocenters. The molecule has 1 saturated carbocycles. The van der Waals surface area contributed by atoms with Crippen LogP contribution in [0.1, 0.15) is 56.3 Å². The first kappa shape index (κ1) is 19.2. The van der Waals surface area contributed by atoms with Crippen LogP contribution in [0.3, 0.4) is 0 Å². The van der Waals surface area contributed by atoms with Crippen LogP contribution in [0.15, 0.2) is 36.7 Å². The fourth-order valence-electron chi connectivity index (χ4n) is 4.77. The molecule has 1 saturated heterocycles. The Labute approximate surface area is 168 Å². The predicted octanol–water partition coefficient (Wildman–Crippen LogP) is 4.22. The second kappa shape index (κ2) is 8.91. The molecular weight excluding hydrogens is 348 g/mol. The van der Waals surface area contributed by atoms with Gasteiger partial charge in [-0.2, -0.15) is 0 Å². The summed E-state index contributed by atoms with van der Waals surface area (Å²) >= 11 is 0. The summed E-state index contributed by atoms with van der Waals surface area (Å²) in [5, 5.41) is 3.24. The van der Waals surface area contributed by atoms with Crippen molar-refractivity contribution in [2.75, 3.05) is 18.4 Å². The number of carbonyl (C=O) groups is 1. The van der Waals surface area contributed by atoms with E-state index in [0.717, 1.165) is 49.6 Å². The van der Waals surface area contributed by atoms with Crippen molar-refractivity contribution in [3.63, 3.8) is 0 Å². The molecule has 1 amide bonds. The Morgan fingerprint density at radius 2 is 1.96 bits per heavy atom. The zero-order chi connectivity index (χ0) is 19.3. The molecule has 0 spiro atoms. The Balaban J connectivity index is 1.41. The topological polar surface area (TPSA) is 50.2 Å². The zero-order valence-corrected chi connectivity index (χ0v) is 16.9. The fourth-order valence-corrected chi connectivity index (χ4v) is 4.77. The number of aryl methyl sites for hydroxylation is 1. The number of likely N-dealkylation sites (tertiary alicyclic amines) is 1. The highest BCUT2D eigenvalue weighted by Crippen LogP contribution is 2.28. The van der Waals surface area contributed by atoms with E-state index in [1.54, 1.807) is 0 Å². The minimum atomic E-state index is 0.0960. The van der Waals surface area contributed by atoms with E-state index in [2.05, 4.69) is 25.8 Å². The molecule has 2 aromatic rings. The largest absolute Gasteiger partial charge is 0.331 e. The summed E-state index contributed by atoms with van der Waals surface area (Å²) in [6.45, 7) is 4.80. The van der Waals surface area contributed by atoms with Gasteiger partial charge < -0.3 is 9.88 Å². The highest BCUT2D eigenvalue weighted by atomic mass is 16.1. The van der Waals surface area contributed by atoms with E-state index in [1.165, 1.54) is 32.1 Å². The summed E-state index contributed by atoms with van der Waals surface area (Å²) < 4.78 is 2.11. The molecule has 1 aromatic carbocycles. The number of benzene rings is 1. The quantitative estimate of drug-likeness (QED) is 0.845. The number of hydrogen-bond donors (Lipinski definition) is 1. The molecular formula is C23H32N4O. The van der Waals surface area contributed by atoms with Gasteiger partial charge in [-0.05, 0) is 50.8 Å². The minimum Gasteiger partial charge on any atom is -0.331 e. The molecule has 1 N–H and O–H groups in total. The maximum Gasteiger partial charge on any atom is 0.228 e. The van der Waals surface area contributed by atoms with E-state index in [4.69, 9.17) is 0 Å². The zero-order valence-electron chi connectivity index (χ0n) is 16.9. The Morgan fingerprint density at radius 3 is 2.75 bits per heavy atom. The summed E-state index contributed by atoms with van der Waals surface area (Å²) in [4.78, 5) is 20.0. The maximum absolute atomic E-state index is 13.1. The lowest BCUT2D eigenvalue weighted by Gasteiger charge is -2.39. The van der Waals surface area contributed by atoms with Crippen LogP contribution in [0.4, 0.5) is 5.69 Å². The Kier molecular flexibility index (Phi) is 6.10. The molecule has 1 unspecified atom stereocenters. The second-order valence-corrected chi connectivity index (χ2v) is 8.37. The van der Waals surface area contributed by atoms with Crippen LogP contribution in [-0.2, 0) is 11.3 Å². The Hall–Kier alpha value is -2.14. The SMILES string of the molecule is Cc1nccn1Cc1ccccc1NC(=O)C1CCCN(C2CCCCC2)C1. The maximum atomic E-state index is 13.1. The molecule has 5 nitrogen and oxygen atoms in total. The first-order valence-electron chi connectivity index (χ1n) is 10.8. The minimum absolute atomic E-state index is 0.0960. The van der Waals surface area contributed by atoms with Crippen molar-refractivity contribution in [2.45, 2.75) is 64.5 Å². The number of nitrogens with one attached hydrogen (secondary N) is 1. The molecule has 2 aliphatic rings. The average molecular weight is 381 g/mol. The van der Waals surface area contributed by atoms with E-state index >= 15 is 0 Å². The average Bonchev–Trinajstić information content (AvgIpc) is 3.14. The van der Waals surface area contributed by atoms with Gasteiger partial charge >= 0.3 is 0 Å². The number of imidazole rings is 1. The predicted molar refractivity (Wildman–Crippen MR) is 112 cm³/mol. The van der Waals surface area contributed by atoms with Crippen molar-refractivity contribution in [3.05, 3.63) is 48.0 Å². The fraction of sp³-hybridized carbons (Fsp3) is 0.565. The number of rotatable bonds is 5. The van der Waals surface area contributed by atoms with Gasteiger partial charge in [0.25, 0.3) is 0 Å². The van der Waals surface area contributed by atoms with Crippen LogP contribution < -0.4 is 5.32 Å². The third-order valence-corrected chi connectivity index (χ3v) is 6.45. The summed E-state index contributed by atoms with van der Waals surface area (Å²) in [5.41, 5.74) is 2.05. The van der Waals surface area contributed by atoms with E-state index in [-0.39, 0.29) is 11.8 Å². The molecule has 0 bridgehead atoms. The highest BCUT2D eigenvalue weighted by molar-refractivity contribution is 5.93. The molecule has 28 heavy (non-hydrogen) atoms. The highest BCUT2D eigenvalue weighted by Gasteiger charge is 2.30. The lowest BCUT2D eigenvalue weighted by molar-refractivity contribution is -0.121. The first-order chi connectivity index (χ1) is 13.7. The molecule has 1 aliphatic carbocycles. The van der Waals surface area contributed by atoms with Gasteiger partial charge in [-0.1, -0.05) is 37.5 Å². The molecule has 0 radical (unpaired) electrons. The summed E-state index contributed by atoms with van der Waals surface area (Å²) in [5.74, 6) is 1.26. The monoisotopic (exact) mass is 380 g/mol. The molecule has 2 fully saturated rings. The Morgan fingerprint density at radius 1 is 1.14 bits per heavy atom. The third kappa shape index (κ3) is 4.46. The number of anilines is 1. The van der Waals surface area contributed by atoms with Gasteiger partial charge in [0.2, 0.25) is 5.91 Å². The lowest BCUT2D eigenvalue weighted by atomic mass is 9.90. The van der Waals surface area contributed by atoms with Crippen LogP contribution in [0.2, 0.25) is 0 Å². The molecule has 1 aromatic heterocycles. The van der Waals surface area contributed by atoms with Crippen molar-refractivity contribution < 1.29 is 4.79 Å². The van der Waals surface area contributed by atoms with Crippen LogP contribution in [0.5, 0.6) is 0 Å². The van der Waals surface area contributed by atoms with Crippen molar-refractivity contribution >= 4 is 11.6 Å². The van der Waals surface area contributed by atoms with E-state index < -0.39 is 0 Å². The van der Waals surface area contributed by atoms with Gasteiger partial charge in [0.05, 0.1) is 12.5 Å². The van der Waals surface area contributed by atoms with Gasteiger partial charge in [0, 0.05) is 30.7 Å². The van der Waals surface area contributed by atoms with Crippen molar-refractivity contribution in [3.8, 4) is 0 Å².